The van der Waals surface area contributed by atoms with Gasteiger partial charge in [0.25, 0.3) is 0 Å². The number of hydrogen-bond donors (Lipinski definition) is 2. The number of halogens is 1. The molecule has 0 heterocycles. The first-order valence-corrected chi connectivity index (χ1v) is 10.1. The van der Waals surface area contributed by atoms with Gasteiger partial charge in [0.05, 0.1) is 0 Å². The molecule has 0 saturated carbocycles. The fourth-order valence-electron chi connectivity index (χ4n) is 4.40. The van der Waals surface area contributed by atoms with Gasteiger partial charge < -0.3 is 14.9 Å². The molecule has 1 unspecified atom stereocenters. The van der Waals surface area contributed by atoms with Crippen molar-refractivity contribution in [2.75, 3.05) is 7.11 Å². The maximum absolute atomic E-state index is 11.3. The summed E-state index contributed by atoms with van der Waals surface area (Å²) < 4.78 is 5.76. The van der Waals surface area contributed by atoms with Crippen molar-refractivity contribution in [2.24, 2.45) is 5.92 Å². The lowest BCUT2D eigenvalue weighted by atomic mass is 9.82. The van der Waals surface area contributed by atoms with Crippen molar-refractivity contribution in [3.05, 3.63) is 76.5 Å². The number of ether oxygens (including phenoxy) is 1. The molecule has 2 aromatic carbocycles. The summed E-state index contributed by atoms with van der Waals surface area (Å²) in [5.41, 5.74) is 3.83. The molecular weight excluding hydrogens is 372 g/mol. The van der Waals surface area contributed by atoms with Crippen LogP contribution < -0.4 is 0 Å². The van der Waals surface area contributed by atoms with E-state index in [0.29, 0.717) is 17.0 Å². The lowest BCUT2D eigenvalue weighted by Gasteiger charge is -2.35. The zero-order chi connectivity index (χ0) is 19.9. The maximum Gasteiger partial charge on any atom is 0.116 e. The predicted molar refractivity (Wildman–Crippen MR) is 113 cm³/mol. The van der Waals surface area contributed by atoms with Crippen molar-refractivity contribution in [2.45, 2.75) is 37.9 Å². The summed E-state index contributed by atoms with van der Waals surface area (Å²) in [4.78, 5) is 0. The highest BCUT2D eigenvalue weighted by Gasteiger charge is 2.46. The van der Waals surface area contributed by atoms with Crippen molar-refractivity contribution in [1.29, 1.82) is 0 Å². The van der Waals surface area contributed by atoms with E-state index in [2.05, 4.69) is 25.1 Å². The average molecular weight is 397 g/mol. The summed E-state index contributed by atoms with van der Waals surface area (Å²) in [5, 5.41) is 23.1. The average Bonchev–Trinajstić information content (AvgIpc) is 2.90. The SMILES string of the molecule is CCc1ccc(-c2ccc(Cl)cc2)cc1C1=C(O)[C@H]2C=C[C@](OC)(CC2)C1O. The summed E-state index contributed by atoms with van der Waals surface area (Å²) in [5.74, 6) is 0.169. The van der Waals surface area contributed by atoms with Crippen molar-refractivity contribution in [3.63, 3.8) is 0 Å². The van der Waals surface area contributed by atoms with Crippen LogP contribution in [0.2, 0.25) is 5.02 Å². The van der Waals surface area contributed by atoms with E-state index in [1.165, 1.54) is 0 Å². The molecule has 3 nitrogen and oxygen atoms in total. The normalized spacial score (nSPS) is 26.6. The van der Waals surface area contributed by atoms with Gasteiger partial charge in [-0.2, -0.15) is 0 Å². The second kappa shape index (κ2) is 7.40. The van der Waals surface area contributed by atoms with Crippen LogP contribution in [0, 0.1) is 5.92 Å². The first kappa shape index (κ1) is 19.3. The van der Waals surface area contributed by atoms with Gasteiger partial charge in [-0.3, -0.25) is 0 Å². The van der Waals surface area contributed by atoms with Gasteiger partial charge in [-0.15, -0.1) is 0 Å². The van der Waals surface area contributed by atoms with Gasteiger partial charge in [-0.25, -0.2) is 0 Å². The van der Waals surface area contributed by atoms with Crippen LogP contribution in [0.3, 0.4) is 0 Å². The predicted octanol–water partition coefficient (Wildman–Crippen LogP) is 5.56. The Balaban J connectivity index is 1.88. The Labute approximate surface area is 170 Å². The largest absolute Gasteiger partial charge is 0.511 e. The third-order valence-electron chi connectivity index (χ3n) is 6.16. The van der Waals surface area contributed by atoms with Crippen LogP contribution in [0.15, 0.2) is 60.4 Å². The number of aryl methyl sites for hydroxylation is 1. The van der Waals surface area contributed by atoms with Crippen LogP contribution in [0.1, 0.15) is 30.9 Å². The quantitative estimate of drug-likeness (QED) is 0.664. The van der Waals surface area contributed by atoms with E-state index in [0.717, 1.165) is 35.1 Å². The van der Waals surface area contributed by atoms with Gasteiger partial charge in [0.15, 0.2) is 0 Å². The fraction of sp³-hybridized carbons (Fsp3) is 0.333. The van der Waals surface area contributed by atoms with E-state index in [-0.39, 0.29) is 11.7 Å². The Kier molecular flexibility index (Phi) is 5.09. The standard InChI is InChI=1S/C24H25ClO3/c1-3-15-4-5-18(16-6-8-19(25)9-7-16)14-20(15)21-22(26)17-10-12-24(28-2,13-11-17)23(21)27/h4-10,12,14,17,23,26-27H,3,11,13H2,1-2H3/t17-,23?,24-/m0/s1. The van der Waals surface area contributed by atoms with Gasteiger partial charge in [0, 0.05) is 23.6 Å². The minimum Gasteiger partial charge on any atom is -0.511 e. The molecule has 3 aliphatic rings. The number of benzene rings is 2. The molecule has 0 spiro atoms. The molecule has 3 atom stereocenters. The molecule has 3 aliphatic carbocycles. The van der Waals surface area contributed by atoms with Gasteiger partial charge in [0.2, 0.25) is 0 Å². The minimum absolute atomic E-state index is 0.0840. The molecule has 0 aliphatic heterocycles. The Hall–Kier alpha value is -2.07. The van der Waals surface area contributed by atoms with Gasteiger partial charge in [-0.1, -0.05) is 54.9 Å². The zero-order valence-corrected chi connectivity index (χ0v) is 16.9. The van der Waals surface area contributed by atoms with Crippen LogP contribution in [-0.2, 0) is 11.2 Å². The third kappa shape index (κ3) is 3.08. The molecule has 0 saturated heterocycles. The van der Waals surface area contributed by atoms with Crippen molar-refractivity contribution < 1.29 is 14.9 Å². The van der Waals surface area contributed by atoms with Crippen LogP contribution >= 0.6 is 11.6 Å². The highest BCUT2D eigenvalue weighted by molar-refractivity contribution is 6.30. The molecule has 28 heavy (non-hydrogen) atoms. The summed E-state index contributed by atoms with van der Waals surface area (Å²) in [6, 6.07) is 13.9. The van der Waals surface area contributed by atoms with Crippen LogP contribution in [-0.4, -0.2) is 29.0 Å². The number of aliphatic hydroxyl groups excluding tert-OH is 2. The Morgan fingerprint density at radius 2 is 1.86 bits per heavy atom. The molecule has 146 valence electrons. The van der Waals surface area contributed by atoms with Crippen LogP contribution in [0.25, 0.3) is 16.7 Å². The van der Waals surface area contributed by atoms with Crippen LogP contribution in [0.5, 0.6) is 0 Å². The van der Waals surface area contributed by atoms with Gasteiger partial charge in [-0.05, 0) is 59.7 Å². The van der Waals surface area contributed by atoms with E-state index in [1.54, 1.807) is 7.11 Å². The second-order valence-electron chi connectivity index (χ2n) is 7.60. The molecular formula is C24H25ClO3. The highest BCUT2D eigenvalue weighted by atomic mass is 35.5. The Bertz CT molecular complexity index is 945. The second-order valence-corrected chi connectivity index (χ2v) is 8.03. The zero-order valence-electron chi connectivity index (χ0n) is 16.2. The summed E-state index contributed by atoms with van der Waals surface area (Å²) in [6.45, 7) is 2.08. The lowest BCUT2D eigenvalue weighted by Crippen LogP contribution is -2.43. The van der Waals surface area contributed by atoms with Gasteiger partial charge in [0.1, 0.15) is 17.5 Å². The summed E-state index contributed by atoms with van der Waals surface area (Å²) in [7, 11) is 1.62. The molecule has 2 N–H and O–H groups in total. The first-order chi connectivity index (χ1) is 13.5. The highest BCUT2D eigenvalue weighted by Crippen LogP contribution is 2.46. The van der Waals surface area contributed by atoms with E-state index < -0.39 is 11.7 Å². The van der Waals surface area contributed by atoms with Gasteiger partial charge >= 0.3 is 0 Å². The number of fused-ring (bicyclic) bond motifs is 2. The molecule has 4 heteroatoms. The minimum atomic E-state index is -0.924. The maximum atomic E-state index is 11.3. The Morgan fingerprint density at radius 1 is 1.14 bits per heavy atom. The topological polar surface area (TPSA) is 49.7 Å². The van der Waals surface area contributed by atoms with E-state index in [9.17, 15) is 10.2 Å². The summed E-state index contributed by atoms with van der Waals surface area (Å²) in [6.07, 6.45) is 5.20. The number of rotatable bonds is 4. The number of methoxy groups -OCH3 is 1. The summed E-state index contributed by atoms with van der Waals surface area (Å²) >= 11 is 6.03. The lowest BCUT2D eigenvalue weighted by molar-refractivity contribution is -0.0518. The smallest absolute Gasteiger partial charge is 0.116 e. The molecule has 0 amide bonds. The molecule has 0 radical (unpaired) electrons. The molecule has 2 aromatic rings. The molecule has 2 bridgehead atoms. The van der Waals surface area contributed by atoms with Crippen molar-refractivity contribution in [1.82, 2.24) is 0 Å². The third-order valence-corrected chi connectivity index (χ3v) is 6.41. The van der Waals surface area contributed by atoms with Crippen LogP contribution in [0.4, 0.5) is 0 Å². The molecule has 5 rings (SSSR count). The van der Waals surface area contributed by atoms with E-state index in [1.807, 2.05) is 36.4 Å². The number of allylic oxidation sites excluding steroid dienone is 1. The van der Waals surface area contributed by atoms with Crippen molar-refractivity contribution >= 4 is 17.2 Å². The monoisotopic (exact) mass is 396 g/mol. The first-order valence-electron chi connectivity index (χ1n) is 9.74. The number of hydrogen-bond acceptors (Lipinski definition) is 3. The van der Waals surface area contributed by atoms with E-state index >= 15 is 0 Å². The fourth-order valence-corrected chi connectivity index (χ4v) is 4.53. The Morgan fingerprint density at radius 3 is 2.46 bits per heavy atom. The van der Waals surface area contributed by atoms with E-state index in [4.69, 9.17) is 16.3 Å². The molecule has 0 aromatic heterocycles. The van der Waals surface area contributed by atoms with Crippen molar-refractivity contribution in [3.8, 4) is 11.1 Å². The number of aliphatic hydroxyl groups is 2. The molecule has 0 fully saturated rings.